The number of nitrogens with one attached hydrogen (secondary N) is 1. The Hall–Kier alpha value is -1.02. The highest BCUT2D eigenvalue weighted by Crippen LogP contribution is 2.28. The Morgan fingerprint density at radius 3 is 2.55 bits per heavy atom. The topological polar surface area (TPSA) is 21.3 Å². The van der Waals surface area contributed by atoms with Crippen LogP contribution in [0.25, 0.3) is 0 Å². The fraction of sp³-hybridized carbons (Fsp3) is 0.667. The summed E-state index contributed by atoms with van der Waals surface area (Å²) in [5.74, 6) is 0.997. The Morgan fingerprint density at radius 2 is 1.95 bits per heavy atom. The highest BCUT2D eigenvalue weighted by Gasteiger charge is 2.17. The van der Waals surface area contributed by atoms with Gasteiger partial charge in [0.25, 0.3) is 0 Å². The third-order valence-electron chi connectivity index (χ3n) is 4.67. The van der Waals surface area contributed by atoms with E-state index in [0.29, 0.717) is 6.04 Å². The Kier molecular flexibility index (Phi) is 5.47. The molecule has 2 nitrogen and oxygen atoms in total. The molecule has 0 unspecified atom stereocenters. The summed E-state index contributed by atoms with van der Waals surface area (Å²) in [7, 11) is 0. The van der Waals surface area contributed by atoms with E-state index in [0.717, 1.165) is 25.2 Å². The van der Waals surface area contributed by atoms with Crippen molar-refractivity contribution in [2.24, 2.45) is 0 Å². The SMILES string of the molecule is CCC(C)(C)c1ccc(OCC[C@@H]2CCCCN2)cc1. The molecule has 0 saturated carbocycles. The molecule has 1 aromatic rings. The second kappa shape index (κ2) is 7.12. The average molecular weight is 275 g/mol. The molecule has 1 aromatic carbocycles. The Labute approximate surface area is 123 Å². The molecule has 0 bridgehead atoms. The van der Waals surface area contributed by atoms with E-state index in [-0.39, 0.29) is 5.41 Å². The van der Waals surface area contributed by atoms with Crippen LogP contribution in [0.15, 0.2) is 24.3 Å². The van der Waals surface area contributed by atoms with Crippen molar-refractivity contribution in [2.75, 3.05) is 13.2 Å². The van der Waals surface area contributed by atoms with Crippen LogP contribution in [0.5, 0.6) is 5.75 Å². The van der Waals surface area contributed by atoms with Crippen molar-refractivity contribution in [3.8, 4) is 5.75 Å². The molecule has 112 valence electrons. The van der Waals surface area contributed by atoms with Crippen molar-refractivity contribution in [1.29, 1.82) is 0 Å². The number of ether oxygens (including phenoxy) is 1. The van der Waals surface area contributed by atoms with Crippen molar-refractivity contribution in [2.45, 2.75) is 64.3 Å². The van der Waals surface area contributed by atoms with E-state index in [1.807, 2.05) is 0 Å². The fourth-order valence-electron chi connectivity index (χ4n) is 2.70. The molecule has 2 heteroatoms. The molecule has 0 spiro atoms. The van der Waals surface area contributed by atoms with Crippen LogP contribution in [0.3, 0.4) is 0 Å². The normalized spacial score (nSPS) is 19.9. The first kappa shape index (κ1) is 15.4. The van der Waals surface area contributed by atoms with E-state index in [9.17, 15) is 0 Å². The van der Waals surface area contributed by atoms with Crippen molar-refractivity contribution in [1.82, 2.24) is 5.32 Å². The molecule has 1 N–H and O–H groups in total. The molecule has 0 radical (unpaired) electrons. The molecule has 2 rings (SSSR count). The molecule has 1 aliphatic rings. The van der Waals surface area contributed by atoms with Crippen LogP contribution in [-0.2, 0) is 5.41 Å². The summed E-state index contributed by atoms with van der Waals surface area (Å²) in [6, 6.07) is 9.29. The predicted molar refractivity (Wildman–Crippen MR) is 85.5 cm³/mol. The standard InChI is InChI=1S/C18H29NO/c1-4-18(2,3)15-8-10-17(11-9-15)20-14-12-16-7-5-6-13-19-16/h8-11,16,19H,4-7,12-14H2,1-3H3/t16-/m0/s1. The van der Waals surface area contributed by atoms with Gasteiger partial charge in [-0.3, -0.25) is 0 Å². The van der Waals surface area contributed by atoms with E-state index in [2.05, 4.69) is 50.4 Å². The van der Waals surface area contributed by atoms with Gasteiger partial charge in [-0.2, -0.15) is 0 Å². The van der Waals surface area contributed by atoms with E-state index in [4.69, 9.17) is 4.74 Å². The number of hydrogen-bond acceptors (Lipinski definition) is 2. The zero-order valence-corrected chi connectivity index (χ0v) is 13.2. The molecular weight excluding hydrogens is 246 g/mol. The Morgan fingerprint density at radius 1 is 1.20 bits per heavy atom. The van der Waals surface area contributed by atoms with Crippen molar-refractivity contribution < 1.29 is 4.74 Å². The van der Waals surface area contributed by atoms with Gasteiger partial charge in [0.05, 0.1) is 6.61 Å². The highest BCUT2D eigenvalue weighted by molar-refractivity contribution is 5.31. The first-order valence-corrected chi connectivity index (χ1v) is 8.08. The molecular formula is C18H29NO. The summed E-state index contributed by atoms with van der Waals surface area (Å²) >= 11 is 0. The van der Waals surface area contributed by atoms with Gasteiger partial charge in [-0.05, 0) is 55.3 Å². The molecule has 1 aliphatic heterocycles. The van der Waals surface area contributed by atoms with Crippen LogP contribution >= 0.6 is 0 Å². The lowest BCUT2D eigenvalue weighted by Gasteiger charge is -2.24. The van der Waals surface area contributed by atoms with Gasteiger partial charge in [-0.15, -0.1) is 0 Å². The second-order valence-corrected chi connectivity index (χ2v) is 6.55. The quantitative estimate of drug-likeness (QED) is 0.836. The van der Waals surface area contributed by atoms with Gasteiger partial charge in [0.15, 0.2) is 0 Å². The molecule has 1 heterocycles. The van der Waals surface area contributed by atoms with Crippen LogP contribution in [0.2, 0.25) is 0 Å². The lowest BCUT2D eigenvalue weighted by atomic mass is 9.82. The molecule has 1 atom stereocenters. The van der Waals surface area contributed by atoms with Gasteiger partial charge in [-0.1, -0.05) is 39.3 Å². The largest absolute Gasteiger partial charge is 0.494 e. The van der Waals surface area contributed by atoms with E-state index in [1.165, 1.54) is 31.4 Å². The second-order valence-electron chi connectivity index (χ2n) is 6.55. The third-order valence-corrected chi connectivity index (χ3v) is 4.67. The monoisotopic (exact) mass is 275 g/mol. The van der Waals surface area contributed by atoms with Crippen LogP contribution < -0.4 is 10.1 Å². The van der Waals surface area contributed by atoms with E-state index in [1.54, 1.807) is 0 Å². The van der Waals surface area contributed by atoms with Crippen LogP contribution in [-0.4, -0.2) is 19.2 Å². The van der Waals surface area contributed by atoms with Crippen molar-refractivity contribution in [3.05, 3.63) is 29.8 Å². The maximum absolute atomic E-state index is 5.87. The van der Waals surface area contributed by atoms with Gasteiger partial charge >= 0.3 is 0 Å². The average Bonchev–Trinajstić information content (AvgIpc) is 2.49. The maximum atomic E-state index is 5.87. The van der Waals surface area contributed by atoms with Crippen LogP contribution in [0, 0.1) is 0 Å². The zero-order valence-electron chi connectivity index (χ0n) is 13.2. The summed E-state index contributed by atoms with van der Waals surface area (Å²) < 4.78 is 5.87. The van der Waals surface area contributed by atoms with Gasteiger partial charge < -0.3 is 10.1 Å². The minimum Gasteiger partial charge on any atom is -0.494 e. The highest BCUT2D eigenvalue weighted by atomic mass is 16.5. The minimum absolute atomic E-state index is 0.255. The predicted octanol–water partition coefficient (Wildman–Crippen LogP) is 4.29. The molecule has 1 fully saturated rings. The van der Waals surface area contributed by atoms with Crippen molar-refractivity contribution in [3.63, 3.8) is 0 Å². The van der Waals surface area contributed by atoms with Gasteiger partial charge in [-0.25, -0.2) is 0 Å². The first-order valence-electron chi connectivity index (χ1n) is 8.08. The summed E-state index contributed by atoms with van der Waals surface area (Å²) in [5, 5.41) is 3.56. The minimum atomic E-state index is 0.255. The van der Waals surface area contributed by atoms with Crippen LogP contribution in [0.1, 0.15) is 58.4 Å². The molecule has 0 aliphatic carbocycles. The number of benzene rings is 1. The van der Waals surface area contributed by atoms with E-state index < -0.39 is 0 Å². The maximum Gasteiger partial charge on any atom is 0.119 e. The molecule has 0 amide bonds. The van der Waals surface area contributed by atoms with Gasteiger partial charge in [0, 0.05) is 6.04 Å². The Balaban J connectivity index is 1.79. The van der Waals surface area contributed by atoms with Crippen LogP contribution in [0.4, 0.5) is 0 Å². The third kappa shape index (κ3) is 4.24. The summed E-state index contributed by atoms with van der Waals surface area (Å²) in [6.45, 7) is 8.80. The van der Waals surface area contributed by atoms with Gasteiger partial charge in [0.2, 0.25) is 0 Å². The lowest BCUT2D eigenvalue weighted by molar-refractivity contribution is 0.268. The van der Waals surface area contributed by atoms with Crippen molar-refractivity contribution >= 4 is 0 Å². The Bertz CT molecular complexity index is 390. The fourth-order valence-corrected chi connectivity index (χ4v) is 2.70. The lowest BCUT2D eigenvalue weighted by Crippen LogP contribution is -2.35. The summed E-state index contributed by atoms with van der Waals surface area (Å²) in [6.07, 6.45) is 6.25. The molecule has 1 saturated heterocycles. The number of hydrogen-bond donors (Lipinski definition) is 1. The number of rotatable bonds is 6. The molecule has 0 aromatic heterocycles. The van der Waals surface area contributed by atoms with Gasteiger partial charge in [0.1, 0.15) is 5.75 Å². The van der Waals surface area contributed by atoms with E-state index >= 15 is 0 Å². The summed E-state index contributed by atoms with van der Waals surface area (Å²) in [5.41, 5.74) is 1.64. The number of piperidine rings is 1. The smallest absolute Gasteiger partial charge is 0.119 e. The summed E-state index contributed by atoms with van der Waals surface area (Å²) in [4.78, 5) is 0. The molecule has 20 heavy (non-hydrogen) atoms. The zero-order chi connectivity index (χ0) is 14.4. The first-order chi connectivity index (χ1) is 9.62.